The number of pyridine rings is 1. The zero-order valence-electron chi connectivity index (χ0n) is 24.9. The van der Waals surface area contributed by atoms with Crippen LogP contribution in [0.25, 0.3) is 0 Å². The molecule has 4 heterocycles. The minimum absolute atomic E-state index is 0.0479. The Balaban J connectivity index is 0.000000276. The Morgan fingerprint density at radius 3 is 2.18 bits per heavy atom. The molecule has 14 heteroatoms. The highest BCUT2D eigenvalue weighted by molar-refractivity contribution is 5.96. The molecule has 3 saturated heterocycles. The first-order chi connectivity index (χ1) is 21.5. The Bertz CT molecular complexity index is 1490. The fraction of sp³-hybridized carbons (Fsp3) is 0.387. The normalized spacial score (nSPS) is 20.4. The predicted octanol–water partition coefficient (Wildman–Crippen LogP) is 4.01. The molecule has 0 spiro atoms. The number of aliphatic hydroxyl groups is 1. The highest BCUT2D eigenvalue weighted by Crippen LogP contribution is 2.38. The van der Waals surface area contributed by atoms with E-state index in [1.807, 2.05) is 4.90 Å². The number of hydrogen-bond donors (Lipinski definition) is 2. The number of carbonyl (C=O) groups is 2. The number of piperazine rings is 1. The summed E-state index contributed by atoms with van der Waals surface area (Å²) in [7, 11) is 4.92. The average molecular weight is 636 g/mol. The molecule has 3 fully saturated rings. The van der Waals surface area contributed by atoms with Crippen molar-refractivity contribution in [3.63, 3.8) is 0 Å². The fourth-order valence-electron chi connectivity index (χ4n) is 5.84. The summed E-state index contributed by atoms with van der Waals surface area (Å²) >= 11 is 0. The smallest absolute Gasteiger partial charge is 0.251 e. The Hall–Kier alpha value is -4.30. The molecule has 3 unspecified atom stereocenters. The van der Waals surface area contributed by atoms with Crippen LogP contribution in [0.1, 0.15) is 34.7 Å². The maximum absolute atomic E-state index is 14.6. The number of rotatable bonds is 5. The minimum atomic E-state index is -1.25. The molecule has 242 valence electrons. The highest BCUT2D eigenvalue weighted by Gasteiger charge is 2.43. The fourth-order valence-corrected chi connectivity index (χ4v) is 5.84. The van der Waals surface area contributed by atoms with Gasteiger partial charge in [-0.1, -0.05) is 0 Å². The molecule has 45 heavy (non-hydrogen) atoms. The van der Waals surface area contributed by atoms with Crippen LogP contribution in [0.2, 0.25) is 0 Å². The van der Waals surface area contributed by atoms with Crippen molar-refractivity contribution in [2.45, 2.75) is 30.8 Å². The van der Waals surface area contributed by atoms with Gasteiger partial charge in [0.2, 0.25) is 5.91 Å². The Morgan fingerprint density at radius 2 is 1.64 bits per heavy atom. The van der Waals surface area contributed by atoms with Gasteiger partial charge in [0, 0.05) is 74.4 Å². The van der Waals surface area contributed by atoms with Crippen LogP contribution >= 0.6 is 0 Å². The van der Waals surface area contributed by atoms with Crippen LogP contribution in [0.5, 0.6) is 5.75 Å². The van der Waals surface area contributed by atoms with E-state index in [1.54, 1.807) is 0 Å². The number of aromatic nitrogens is 1. The first kappa shape index (κ1) is 33.6. The molecule has 0 saturated carbocycles. The van der Waals surface area contributed by atoms with E-state index in [1.165, 1.54) is 55.5 Å². The molecule has 2 N–H and O–H groups in total. The number of alkyl halides is 1. The molecule has 6 rings (SSSR count). The molecule has 0 radical (unpaired) electrons. The monoisotopic (exact) mass is 635 g/mol. The number of likely N-dealkylation sites (N-methyl/N-ethyl adjacent to an activating group) is 1. The van der Waals surface area contributed by atoms with Gasteiger partial charge >= 0.3 is 0 Å². The van der Waals surface area contributed by atoms with Crippen molar-refractivity contribution in [3.8, 4) is 5.75 Å². The number of benzene rings is 2. The van der Waals surface area contributed by atoms with Gasteiger partial charge in [0.1, 0.15) is 29.0 Å². The first-order valence-electron chi connectivity index (χ1n) is 14.1. The zero-order chi connectivity index (χ0) is 32.8. The summed E-state index contributed by atoms with van der Waals surface area (Å²) < 4.78 is 70.7. The van der Waals surface area contributed by atoms with Crippen LogP contribution in [0.15, 0.2) is 48.5 Å². The van der Waals surface area contributed by atoms with Gasteiger partial charge in [-0.15, -0.1) is 0 Å². The van der Waals surface area contributed by atoms with Gasteiger partial charge in [-0.25, -0.2) is 26.9 Å². The van der Waals surface area contributed by atoms with Gasteiger partial charge in [-0.2, -0.15) is 0 Å². The number of carbonyl (C=O) groups excluding carboxylic acids is 2. The van der Waals surface area contributed by atoms with Crippen LogP contribution < -0.4 is 19.9 Å². The number of methoxy groups -OCH3 is 1. The summed E-state index contributed by atoms with van der Waals surface area (Å²) in [5.41, 5.74) is 0.327. The summed E-state index contributed by atoms with van der Waals surface area (Å²) in [5, 5.41) is 9.34. The molecule has 3 aromatic rings. The third kappa shape index (κ3) is 7.51. The molecule has 1 aromatic heterocycles. The maximum atomic E-state index is 14.6. The molecule has 3 atom stereocenters. The van der Waals surface area contributed by atoms with E-state index in [0.29, 0.717) is 24.0 Å². The van der Waals surface area contributed by atoms with Gasteiger partial charge in [-0.05, 0) is 49.9 Å². The molecule has 2 amide bonds. The van der Waals surface area contributed by atoms with Gasteiger partial charge in [0.25, 0.3) is 5.91 Å². The van der Waals surface area contributed by atoms with Crippen molar-refractivity contribution in [2.75, 3.05) is 57.5 Å². The SMILES string of the molecule is CNC(=O)c1ccc(F)cc1.COc1cc(F)c(C2CC(=O)N(c3ccc(F)c(N4CC5CC4CN5C)n3)C2)c(F)c1.OCF. The molecule has 2 bridgehead atoms. The quantitative estimate of drug-likeness (QED) is 0.409. The topological polar surface area (TPSA) is 98.2 Å². The molecule has 0 aliphatic carbocycles. The van der Waals surface area contributed by atoms with Crippen molar-refractivity contribution < 1.29 is 41.4 Å². The number of amides is 2. The minimum Gasteiger partial charge on any atom is -0.497 e. The number of nitrogens with zero attached hydrogens (tertiary/aromatic N) is 4. The molecule has 9 nitrogen and oxygen atoms in total. The van der Waals surface area contributed by atoms with E-state index in [4.69, 9.17) is 9.84 Å². The molecule has 3 aliphatic heterocycles. The Labute approximate surface area is 257 Å². The summed E-state index contributed by atoms with van der Waals surface area (Å²) in [4.78, 5) is 33.7. The highest BCUT2D eigenvalue weighted by atomic mass is 19.1. The maximum Gasteiger partial charge on any atom is 0.251 e. The number of fused-ring (bicyclic) bond motifs is 2. The third-order valence-electron chi connectivity index (χ3n) is 8.03. The number of halogens is 5. The van der Waals surface area contributed by atoms with E-state index >= 15 is 0 Å². The molecule has 2 aromatic carbocycles. The van der Waals surface area contributed by atoms with Crippen LogP contribution in [0, 0.1) is 23.3 Å². The molecular weight excluding hydrogens is 601 g/mol. The Kier molecular flexibility index (Phi) is 10.9. The summed E-state index contributed by atoms with van der Waals surface area (Å²) in [6, 6.07) is 10.9. The van der Waals surface area contributed by atoms with Crippen molar-refractivity contribution >= 4 is 23.5 Å². The third-order valence-corrected chi connectivity index (χ3v) is 8.03. The largest absolute Gasteiger partial charge is 0.497 e. The van der Waals surface area contributed by atoms with E-state index in [0.717, 1.165) is 25.1 Å². The second kappa shape index (κ2) is 14.7. The number of ether oxygens (including phenoxy) is 1. The van der Waals surface area contributed by atoms with Crippen LogP contribution in [-0.2, 0) is 4.79 Å². The van der Waals surface area contributed by atoms with Crippen molar-refractivity contribution in [3.05, 3.63) is 82.9 Å². The predicted molar refractivity (Wildman–Crippen MR) is 157 cm³/mol. The number of likely N-dealkylation sites (tertiary alicyclic amines) is 1. The van der Waals surface area contributed by atoms with Crippen LogP contribution in [0.4, 0.5) is 33.6 Å². The average Bonchev–Trinajstić information content (AvgIpc) is 3.71. The van der Waals surface area contributed by atoms with Crippen LogP contribution in [-0.4, -0.2) is 86.6 Å². The van der Waals surface area contributed by atoms with Gasteiger partial charge < -0.3 is 20.1 Å². The summed E-state index contributed by atoms with van der Waals surface area (Å²) in [6.07, 6.45) is 0.913. The zero-order valence-corrected chi connectivity index (χ0v) is 24.9. The lowest BCUT2D eigenvalue weighted by atomic mass is 9.97. The number of hydrogen-bond acceptors (Lipinski definition) is 7. The standard InChI is InChI=1S/C22H23F3N4O2.C8H8FNO.CH3FO/c1-27-10-14-6-13(27)11-28(14)22-16(23)3-4-19(26-22)29-9-12(5-20(29)30)21-17(24)7-15(31-2)8-18(21)25;1-10-8(11)6-2-4-7(9)5-3-6;2-1-3/h3-4,7-8,12-14H,5-6,9-11H2,1-2H3;2-5H,1H3,(H,10,11);3H,1H2. The van der Waals surface area contributed by atoms with Crippen molar-refractivity contribution in [1.82, 2.24) is 15.2 Å². The lowest BCUT2D eigenvalue weighted by Gasteiger charge is -2.33. The van der Waals surface area contributed by atoms with Crippen LogP contribution in [0.3, 0.4) is 0 Å². The van der Waals surface area contributed by atoms with E-state index in [9.17, 15) is 31.5 Å². The summed E-state index contributed by atoms with van der Waals surface area (Å²) in [5.74, 6) is -2.82. The van der Waals surface area contributed by atoms with E-state index < -0.39 is 30.2 Å². The van der Waals surface area contributed by atoms with E-state index in [2.05, 4.69) is 22.2 Å². The molecule has 3 aliphatic rings. The summed E-state index contributed by atoms with van der Waals surface area (Å²) in [6.45, 7) is 0.357. The second-order valence-electron chi connectivity index (χ2n) is 10.7. The second-order valence-corrected chi connectivity index (χ2v) is 10.7. The molecular formula is C31H34F5N5O4. The number of anilines is 2. The Morgan fingerprint density at radius 1 is 1.00 bits per heavy atom. The number of nitrogens with one attached hydrogen (secondary N) is 1. The van der Waals surface area contributed by atoms with E-state index in [-0.39, 0.29) is 53.8 Å². The van der Waals surface area contributed by atoms with Gasteiger partial charge in [-0.3, -0.25) is 19.4 Å². The first-order valence-corrected chi connectivity index (χ1v) is 14.1. The lowest BCUT2D eigenvalue weighted by Crippen LogP contribution is -2.45. The van der Waals surface area contributed by atoms with Gasteiger partial charge in [0.05, 0.1) is 7.11 Å². The van der Waals surface area contributed by atoms with Gasteiger partial charge in [0.15, 0.2) is 18.5 Å². The van der Waals surface area contributed by atoms with Crippen molar-refractivity contribution in [2.24, 2.45) is 0 Å². The van der Waals surface area contributed by atoms with Crippen molar-refractivity contribution in [1.29, 1.82) is 0 Å². The number of aliphatic hydroxyl groups excluding tert-OH is 1. The lowest BCUT2D eigenvalue weighted by molar-refractivity contribution is -0.117.